The SMILES string of the molecule is COc1ccc(Br)cc1C=NNC(=O)c1ccc(N)cc1. The highest BCUT2D eigenvalue weighted by molar-refractivity contribution is 9.10. The Morgan fingerprint density at radius 1 is 1.29 bits per heavy atom. The van der Waals surface area contributed by atoms with Gasteiger partial charge >= 0.3 is 0 Å². The van der Waals surface area contributed by atoms with E-state index < -0.39 is 0 Å². The van der Waals surface area contributed by atoms with E-state index in [0.29, 0.717) is 17.0 Å². The number of hydrogen-bond donors (Lipinski definition) is 2. The number of nitrogen functional groups attached to an aromatic ring is 1. The van der Waals surface area contributed by atoms with Crippen LogP contribution < -0.4 is 15.9 Å². The molecular formula is C15H14BrN3O2. The lowest BCUT2D eigenvalue weighted by molar-refractivity contribution is 0.0955. The highest BCUT2D eigenvalue weighted by Crippen LogP contribution is 2.21. The van der Waals surface area contributed by atoms with Gasteiger partial charge in [0, 0.05) is 21.3 Å². The Morgan fingerprint density at radius 2 is 2.00 bits per heavy atom. The number of methoxy groups -OCH3 is 1. The maximum atomic E-state index is 11.9. The van der Waals surface area contributed by atoms with Gasteiger partial charge in [-0.15, -0.1) is 0 Å². The molecule has 0 fully saturated rings. The van der Waals surface area contributed by atoms with E-state index in [9.17, 15) is 4.79 Å². The number of hydrazone groups is 1. The average Bonchev–Trinajstić information content (AvgIpc) is 2.48. The first-order valence-electron chi connectivity index (χ1n) is 6.12. The molecule has 0 heterocycles. The predicted molar refractivity (Wildman–Crippen MR) is 86.6 cm³/mol. The molecule has 0 aliphatic carbocycles. The minimum absolute atomic E-state index is 0.305. The third kappa shape index (κ3) is 4.06. The number of halogens is 1. The number of carbonyl (C=O) groups excluding carboxylic acids is 1. The van der Waals surface area contributed by atoms with E-state index in [0.717, 1.165) is 10.0 Å². The number of nitrogens with two attached hydrogens (primary N) is 1. The summed E-state index contributed by atoms with van der Waals surface area (Å²) in [6.07, 6.45) is 1.53. The lowest BCUT2D eigenvalue weighted by Gasteiger charge is -2.04. The van der Waals surface area contributed by atoms with E-state index in [1.165, 1.54) is 6.21 Å². The van der Waals surface area contributed by atoms with Crippen molar-refractivity contribution in [1.82, 2.24) is 5.43 Å². The lowest BCUT2D eigenvalue weighted by Crippen LogP contribution is -2.17. The molecule has 0 aliphatic rings. The Balaban J connectivity index is 2.07. The van der Waals surface area contributed by atoms with Gasteiger partial charge < -0.3 is 10.5 Å². The zero-order valence-corrected chi connectivity index (χ0v) is 12.9. The molecule has 2 aromatic carbocycles. The molecule has 2 aromatic rings. The molecule has 0 aromatic heterocycles. The van der Waals surface area contributed by atoms with Gasteiger partial charge in [-0.3, -0.25) is 4.79 Å². The van der Waals surface area contributed by atoms with Crippen molar-refractivity contribution in [3.05, 3.63) is 58.1 Å². The molecule has 5 nitrogen and oxygen atoms in total. The Bertz CT molecular complexity index is 669. The monoisotopic (exact) mass is 347 g/mol. The van der Waals surface area contributed by atoms with E-state index in [1.807, 2.05) is 18.2 Å². The summed E-state index contributed by atoms with van der Waals surface area (Å²) < 4.78 is 6.11. The number of amides is 1. The van der Waals surface area contributed by atoms with Crippen LogP contribution in [-0.4, -0.2) is 19.2 Å². The fraction of sp³-hybridized carbons (Fsp3) is 0.0667. The molecule has 0 unspecified atom stereocenters. The van der Waals surface area contributed by atoms with Crippen LogP contribution in [0.2, 0.25) is 0 Å². The van der Waals surface area contributed by atoms with Crippen molar-refractivity contribution in [2.45, 2.75) is 0 Å². The summed E-state index contributed by atoms with van der Waals surface area (Å²) in [5, 5.41) is 3.93. The van der Waals surface area contributed by atoms with Crippen molar-refractivity contribution < 1.29 is 9.53 Å². The van der Waals surface area contributed by atoms with E-state index >= 15 is 0 Å². The van der Waals surface area contributed by atoms with E-state index in [2.05, 4.69) is 26.5 Å². The third-order valence-electron chi connectivity index (χ3n) is 2.73. The fourth-order valence-electron chi connectivity index (χ4n) is 1.67. The van der Waals surface area contributed by atoms with Crippen LogP contribution in [-0.2, 0) is 0 Å². The fourth-order valence-corrected chi connectivity index (χ4v) is 2.04. The Kier molecular flexibility index (Phi) is 4.94. The first kappa shape index (κ1) is 15.1. The molecule has 2 rings (SSSR count). The molecule has 6 heteroatoms. The summed E-state index contributed by atoms with van der Waals surface area (Å²) in [5.41, 5.74) is 9.87. The molecule has 1 amide bonds. The van der Waals surface area contributed by atoms with Crippen molar-refractivity contribution in [1.29, 1.82) is 0 Å². The Morgan fingerprint density at radius 3 is 2.67 bits per heavy atom. The van der Waals surface area contributed by atoms with Gasteiger partial charge in [0.1, 0.15) is 5.75 Å². The van der Waals surface area contributed by atoms with Crippen LogP contribution in [0.3, 0.4) is 0 Å². The summed E-state index contributed by atoms with van der Waals surface area (Å²) in [5.74, 6) is 0.365. The van der Waals surface area contributed by atoms with Crippen LogP contribution in [0.15, 0.2) is 52.0 Å². The normalized spacial score (nSPS) is 10.6. The Labute approximate surface area is 130 Å². The van der Waals surface area contributed by atoms with E-state index in [4.69, 9.17) is 10.5 Å². The number of ether oxygens (including phenoxy) is 1. The van der Waals surface area contributed by atoms with Crippen molar-refractivity contribution in [3.8, 4) is 5.75 Å². The number of nitrogens with one attached hydrogen (secondary N) is 1. The zero-order chi connectivity index (χ0) is 15.2. The molecule has 0 radical (unpaired) electrons. The molecule has 0 saturated heterocycles. The summed E-state index contributed by atoms with van der Waals surface area (Å²) in [6, 6.07) is 12.1. The highest BCUT2D eigenvalue weighted by Gasteiger charge is 2.04. The smallest absolute Gasteiger partial charge is 0.271 e. The lowest BCUT2D eigenvalue weighted by atomic mass is 10.2. The van der Waals surface area contributed by atoms with Crippen molar-refractivity contribution in [2.24, 2.45) is 5.10 Å². The molecule has 3 N–H and O–H groups in total. The van der Waals surface area contributed by atoms with Gasteiger partial charge in [-0.2, -0.15) is 5.10 Å². The number of hydrogen-bond acceptors (Lipinski definition) is 4. The van der Waals surface area contributed by atoms with Gasteiger partial charge in [0.25, 0.3) is 5.91 Å². The van der Waals surface area contributed by atoms with Crippen molar-refractivity contribution in [3.63, 3.8) is 0 Å². The van der Waals surface area contributed by atoms with Crippen molar-refractivity contribution >= 4 is 33.7 Å². The summed E-state index contributed by atoms with van der Waals surface area (Å²) in [7, 11) is 1.58. The maximum Gasteiger partial charge on any atom is 0.271 e. The van der Waals surface area contributed by atoms with Gasteiger partial charge in [0.2, 0.25) is 0 Å². The number of rotatable bonds is 4. The minimum atomic E-state index is -0.305. The van der Waals surface area contributed by atoms with Gasteiger partial charge in [-0.25, -0.2) is 5.43 Å². The molecular weight excluding hydrogens is 334 g/mol. The van der Waals surface area contributed by atoms with Gasteiger partial charge in [0.05, 0.1) is 13.3 Å². The van der Waals surface area contributed by atoms with E-state index in [-0.39, 0.29) is 5.91 Å². The first-order chi connectivity index (χ1) is 10.1. The molecule has 0 aliphatic heterocycles. The second kappa shape index (κ2) is 6.90. The van der Waals surface area contributed by atoms with Crippen LogP contribution >= 0.6 is 15.9 Å². The molecule has 108 valence electrons. The molecule has 0 atom stereocenters. The second-order valence-corrected chi connectivity index (χ2v) is 5.12. The average molecular weight is 348 g/mol. The van der Waals surface area contributed by atoms with Gasteiger partial charge in [-0.1, -0.05) is 15.9 Å². The summed E-state index contributed by atoms with van der Waals surface area (Å²) in [6.45, 7) is 0. The largest absolute Gasteiger partial charge is 0.496 e. The predicted octanol–water partition coefficient (Wildman–Crippen LogP) is 2.80. The minimum Gasteiger partial charge on any atom is -0.496 e. The maximum absolute atomic E-state index is 11.9. The van der Waals surface area contributed by atoms with Crippen LogP contribution in [0.1, 0.15) is 15.9 Å². The summed E-state index contributed by atoms with van der Waals surface area (Å²) >= 11 is 3.37. The number of anilines is 1. The standard InChI is InChI=1S/C15H14BrN3O2/c1-21-14-7-4-12(16)8-11(14)9-18-19-15(20)10-2-5-13(17)6-3-10/h2-9H,17H2,1H3,(H,19,20). The van der Waals surface area contributed by atoms with Gasteiger partial charge in [0.15, 0.2) is 0 Å². The first-order valence-corrected chi connectivity index (χ1v) is 6.92. The van der Waals surface area contributed by atoms with E-state index in [1.54, 1.807) is 31.4 Å². The number of nitrogens with zero attached hydrogens (tertiary/aromatic N) is 1. The molecule has 0 saturated carbocycles. The van der Waals surface area contributed by atoms with Crippen LogP contribution in [0.5, 0.6) is 5.75 Å². The Hall–Kier alpha value is -2.34. The quantitative estimate of drug-likeness (QED) is 0.507. The molecule has 0 bridgehead atoms. The number of carbonyl (C=O) groups is 1. The zero-order valence-electron chi connectivity index (χ0n) is 11.3. The highest BCUT2D eigenvalue weighted by atomic mass is 79.9. The van der Waals surface area contributed by atoms with Crippen molar-refractivity contribution in [2.75, 3.05) is 12.8 Å². The van der Waals surface area contributed by atoms with Crippen LogP contribution in [0.25, 0.3) is 0 Å². The van der Waals surface area contributed by atoms with Crippen LogP contribution in [0, 0.1) is 0 Å². The van der Waals surface area contributed by atoms with Gasteiger partial charge in [-0.05, 0) is 42.5 Å². The topological polar surface area (TPSA) is 76.7 Å². The molecule has 0 spiro atoms. The summed E-state index contributed by atoms with van der Waals surface area (Å²) in [4.78, 5) is 11.9. The number of benzene rings is 2. The second-order valence-electron chi connectivity index (χ2n) is 4.21. The third-order valence-corrected chi connectivity index (χ3v) is 3.23. The van der Waals surface area contributed by atoms with Crippen LogP contribution in [0.4, 0.5) is 5.69 Å². The molecule has 21 heavy (non-hydrogen) atoms.